The van der Waals surface area contributed by atoms with Crippen LogP contribution < -0.4 is 15.8 Å². The largest absolute Gasteiger partial charge is 0.493 e. The average Bonchev–Trinajstić information content (AvgIpc) is 2.66. The molecule has 1 amide bonds. The molecule has 0 fully saturated rings. The quantitative estimate of drug-likeness (QED) is 0.257. The van der Waals surface area contributed by atoms with Crippen molar-refractivity contribution in [1.29, 1.82) is 0 Å². The summed E-state index contributed by atoms with van der Waals surface area (Å²) in [5, 5.41) is 10.3. The van der Waals surface area contributed by atoms with Gasteiger partial charge in [-0.2, -0.15) is 0 Å². The minimum absolute atomic E-state index is 0.0314. The molecule has 3 rings (SSSR count). The van der Waals surface area contributed by atoms with Crippen LogP contribution in [0.2, 0.25) is 0 Å². The maximum atomic E-state index is 12.3. The van der Waals surface area contributed by atoms with Crippen molar-refractivity contribution < 1.29 is 14.7 Å². The molecule has 27 heavy (non-hydrogen) atoms. The lowest BCUT2D eigenvalue weighted by Crippen LogP contribution is -2.18. The van der Waals surface area contributed by atoms with E-state index in [0.29, 0.717) is 36.4 Å². The van der Waals surface area contributed by atoms with E-state index in [9.17, 15) is 9.59 Å². The first-order chi connectivity index (χ1) is 13.0. The fraction of sp³-hybridized carbons (Fsp3) is 0.350. The maximum Gasteiger partial charge on any atom is 0.270 e. The summed E-state index contributed by atoms with van der Waals surface area (Å²) < 4.78 is 5.92. The minimum Gasteiger partial charge on any atom is -0.493 e. The van der Waals surface area contributed by atoms with Crippen molar-refractivity contribution in [3.63, 3.8) is 0 Å². The predicted molar refractivity (Wildman–Crippen MR) is 103 cm³/mol. The van der Waals surface area contributed by atoms with E-state index >= 15 is 0 Å². The SMILES string of the molecule is CC(C)c1nc2c(cc(OCCCCC(=O)NO)c3ccccc32)[nH]c1=O. The standard InChI is InChI=1S/C20H23N3O4/c1-12(2)18-20(25)21-15-11-16(27-10-6-5-9-17(24)23-26)13-7-3-4-8-14(13)19(15)22-18/h3-4,7-8,11-12,26H,5-6,9-10H2,1-2H3,(H,21,25)(H,23,24). The van der Waals surface area contributed by atoms with E-state index in [0.717, 1.165) is 16.3 Å². The highest BCUT2D eigenvalue weighted by molar-refractivity contribution is 6.07. The van der Waals surface area contributed by atoms with Gasteiger partial charge in [-0.1, -0.05) is 38.1 Å². The number of hydrogen-bond donors (Lipinski definition) is 3. The summed E-state index contributed by atoms with van der Waals surface area (Å²) >= 11 is 0. The van der Waals surface area contributed by atoms with Crippen molar-refractivity contribution in [3.8, 4) is 5.75 Å². The highest BCUT2D eigenvalue weighted by atomic mass is 16.5. The van der Waals surface area contributed by atoms with Crippen LogP contribution >= 0.6 is 0 Å². The Morgan fingerprint density at radius 1 is 1.26 bits per heavy atom. The summed E-state index contributed by atoms with van der Waals surface area (Å²) in [4.78, 5) is 30.9. The van der Waals surface area contributed by atoms with E-state index in [2.05, 4.69) is 9.97 Å². The fourth-order valence-electron chi connectivity index (χ4n) is 3.04. The van der Waals surface area contributed by atoms with Gasteiger partial charge in [0.25, 0.3) is 5.56 Å². The van der Waals surface area contributed by atoms with Gasteiger partial charge in [-0.15, -0.1) is 0 Å². The first-order valence-corrected chi connectivity index (χ1v) is 9.02. The van der Waals surface area contributed by atoms with Crippen LogP contribution in [0.25, 0.3) is 21.8 Å². The van der Waals surface area contributed by atoms with Gasteiger partial charge < -0.3 is 9.72 Å². The van der Waals surface area contributed by atoms with Gasteiger partial charge in [-0.25, -0.2) is 10.5 Å². The highest BCUT2D eigenvalue weighted by Crippen LogP contribution is 2.32. The molecule has 0 unspecified atom stereocenters. The van der Waals surface area contributed by atoms with Gasteiger partial charge in [-0.3, -0.25) is 14.8 Å². The van der Waals surface area contributed by atoms with E-state index < -0.39 is 5.91 Å². The summed E-state index contributed by atoms with van der Waals surface area (Å²) in [5.74, 6) is 0.291. The van der Waals surface area contributed by atoms with Crippen molar-refractivity contribution in [2.24, 2.45) is 0 Å². The molecule has 0 atom stereocenters. The Morgan fingerprint density at radius 3 is 2.70 bits per heavy atom. The molecule has 1 aromatic heterocycles. The lowest BCUT2D eigenvalue weighted by molar-refractivity contribution is -0.129. The maximum absolute atomic E-state index is 12.3. The number of aromatic nitrogens is 2. The van der Waals surface area contributed by atoms with Crippen LogP contribution in [-0.4, -0.2) is 27.7 Å². The number of hydroxylamine groups is 1. The van der Waals surface area contributed by atoms with Crippen LogP contribution in [0.4, 0.5) is 0 Å². The molecule has 0 aliphatic heterocycles. The summed E-state index contributed by atoms with van der Waals surface area (Å²) in [6, 6.07) is 9.59. The number of fused-ring (bicyclic) bond motifs is 3. The third kappa shape index (κ3) is 4.09. The zero-order valence-corrected chi connectivity index (χ0v) is 15.4. The van der Waals surface area contributed by atoms with Crippen LogP contribution in [0.15, 0.2) is 35.1 Å². The van der Waals surface area contributed by atoms with Gasteiger partial charge in [0.2, 0.25) is 5.91 Å². The molecule has 142 valence electrons. The molecule has 0 aliphatic carbocycles. The number of hydrogen-bond acceptors (Lipinski definition) is 5. The van der Waals surface area contributed by atoms with Crippen LogP contribution in [0.3, 0.4) is 0 Å². The van der Waals surface area contributed by atoms with Gasteiger partial charge in [0, 0.05) is 29.2 Å². The molecule has 0 saturated heterocycles. The lowest BCUT2D eigenvalue weighted by atomic mass is 10.1. The molecule has 0 aliphatic rings. The number of nitrogens with zero attached hydrogens (tertiary/aromatic N) is 1. The van der Waals surface area contributed by atoms with E-state index in [1.807, 2.05) is 38.1 Å². The third-order valence-corrected chi connectivity index (χ3v) is 4.42. The molecule has 3 aromatic rings. The average molecular weight is 369 g/mol. The number of unbranched alkanes of at least 4 members (excludes halogenated alkanes) is 1. The smallest absolute Gasteiger partial charge is 0.270 e. The summed E-state index contributed by atoms with van der Waals surface area (Å²) in [5.41, 5.74) is 3.33. The molecule has 2 aromatic carbocycles. The Kier molecular flexibility index (Phi) is 5.71. The van der Waals surface area contributed by atoms with Crippen LogP contribution in [-0.2, 0) is 4.79 Å². The normalized spacial score (nSPS) is 11.3. The van der Waals surface area contributed by atoms with Gasteiger partial charge in [-0.05, 0) is 12.8 Å². The minimum atomic E-state index is -0.407. The summed E-state index contributed by atoms with van der Waals surface area (Å²) in [6.07, 6.45) is 1.52. The molecule has 0 radical (unpaired) electrons. The zero-order valence-electron chi connectivity index (χ0n) is 15.4. The molecule has 0 saturated carbocycles. The number of aromatic amines is 1. The Balaban J connectivity index is 1.92. The number of carbonyl (C=O) groups excluding carboxylic acids is 1. The van der Waals surface area contributed by atoms with Crippen molar-refractivity contribution >= 4 is 27.7 Å². The second kappa shape index (κ2) is 8.18. The second-order valence-corrected chi connectivity index (χ2v) is 6.76. The second-order valence-electron chi connectivity index (χ2n) is 6.76. The van der Waals surface area contributed by atoms with Gasteiger partial charge in [0.1, 0.15) is 11.4 Å². The predicted octanol–water partition coefficient (Wildman–Crippen LogP) is 3.25. The van der Waals surface area contributed by atoms with E-state index in [1.165, 1.54) is 0 Å². The van der Waals surface area contributed by atoms with Gasteiger partial charge >= 0.3 is 0 Å². The molecular weight excluding hydrogens is 346 g/mol. The number of benzene rings is 2. The van der Waals surface area contributed by atoms with E-state index in [-0.39, 0.29) is 17.9 Å². The topological polar surface area (TPSA) is 104 Å². The van der Waals surface area contributed by atoms with Crippen LogP contribution in [0.1, 0.15) is 44.7 Å². The van der Waals surface area contributed by atoms with E-state index in [1.54, 1.807) is 11.5 Å². The van der Waals surface area contributed by atoms with Crippen LogP contribution in [0, 0.1) is 0 Å². The first kappa shape index (κ1) is 18.8. The summed E-state index contributed by atoms with van der Waals surface area (Å²) in [7, 11) is 0. The molecule has 1 heterocycles. The molecule has 0 spiro atoms. The Hall–Kier alpha value is -2.93. The molecule has 3 N–H and O–H groups in total. The summed E-state index contributed by atoms with van der Waals surface area (Å²) in [6.45, 7) is 4.32. The number of H-pyrrole nitrogens is 1. The Labute approximate surface area is 156 Å². The van der Waals surface area contributed by atoms with Gasteiger partial charge in [0.15, 0.2) is 0 Å². The van der Waals surface area contributed by atoms with Crippen molar-refractivity contribution in [1.82, 2.24) is 15.4 Å². The number of amides is 1. The number of carbonyl (C=O) groups is 1. The first-order valence-electron chi connectivity index (χ1n) is 9.02. The molecule has 7 nitrogen and oxygen atoms in total. The number of rotatable bonds is 7. The van der Waals surface area contributed by atoms with Crippen molar-refractivity contribution in [3.05, 3.63) is 46.4 Å². The fourth-order valence-corrected chi connectivity index (χ4v) is 3.04. The lowest BCUT2D eigenvalue weighted by Gasteiger charge is -2.13. The van der Waals surface area contributed by atoms with E-state index in [4.69, 9.17) is 9.94 Å². The Bertz CT molecular complexity index is 1030. The molecule has 0 bridgehead atoms. The zero-order chi connectivity index (χ0) is 19.4. The monoisotopic (exact) mass is 369 g/mol. The Morgan fingerprint density at radius 2 is 2.00 bits per heavy atom. The third-order valence-electron chi connectivity index (χ3n) is 4.42. The number of nitrogens with one attached hydrogen (secondary N) is 2. The van der Waals surface area contributed by atoms with Crippen LogP contribution in [0.5, 0.6) is 5.75 Å². The number of ether oxygens (including phenoxy) is 1. The van der Waals surface area contributed by atoms with Crippen molar-refractivity contribution in [2.75, 3.05) is 6.61 Å². The van der Waals surface area contributed by atoms with Crippen molar-refractivity contribution in [2.45, 2.75) is 39.0 Å². The highest BCUT2D eigenvalue weighted by Gasteiger charge is 2.13. The molecule has 7 heteroatoms. The molecular formula is C20H23N3O4. The van der Waals surface area contributed by atoms with Gasteiger partial charge in [0.05, 0.1) is 17.6 Å².